The monoisotopic (exact) mass is 290 g/mol. The second-order valence-corrected chi connectivity index (χ2v) is 4.55. The Morgan fingerprint density at radius 3 is 2.62 bits per heavy atom. The Bertz CT molecular complexity index is 547. The topological polar surface area (TPSA) is 61.8 Å². The van der Waals surface area contributed by atoms with Gasteiger partial charge in [-0.05, 0) is 18.9 Å². The van der Waals surface area contributed by atoms with Crippen LogP contribution in [-0.2, 0) is 23.8 Å². The summed E-state index contributed by atoms with van der Waals surface area (Å²) in [6.07, 6.45) is 0.0834. The molecule has 0 aliphatic carbocycles. The highest BCUT2D eigenvalue weighted by molar-refractivity contribution is 6.01. The van der Waals surface area contributed by atoms with Gasteiger partial charge in [-0.3, -0.25) is 4.79 Å². The van der Waals surface area contributed by atoms with Crippen LogP contribution in [0, 0.1) is 0 Å². The quantitative estimate of drug-likeness (QED) is 0.752. The molecule has 5 heteroatoms. The third-order valence-electron chi connectivity index (χ3n) is 3.21. The number of ether oxygens (including phenoxy) is 3. The van der Waals surface area contributed by atoms with E-state index in [4.69, 9.17) is 14.2 Å². The summed E-state index contributed by atoms with van der Waals surface area (Å²) in [6, 6.07) is 9.41. The number of esters is 2. The number of rotatable bonds is 6. The van der Waals surface area contributed by atoms with E-state index in [-0.39, 0.29) is 18.1 Å². The van der Waals surface area contributed by atoms with Crippen molar-refractivity contribution in [3.63, 3.8) is 0 Å². The summed E-state index contributed by atoms with van der Waals surface area (Å²) < 4.78 is 15.4. The molecule has 5 nitrogen and oxygen atoms in total. The van der Waals surface area contributed by atoms with Crippen molar-refractivity contribution >= 4 is 17.5 Å². The van der Waals surface area contributed by atoms with Gasteiger partial charge in [-0.25, -0.2) is 4.79 Å². The van der Waals surface area contributed by atoms with Gasteiger partial charge < -0.3 is 14.2 Å². The zero-order valence-electron chi connectivity index (χ0n) is 12.1. The van der Waals surface area contributed by atoms with Crippen LogP contribution in [0.1, 0.15) is 25.3 Å². The largest absolute Gasteiger partial charge is 0.490 e. The lowest BCUT2D eigenvalue weighted by Crippen LogP contribution is -2.14. The molecule has 0 amide bonds. The van der Waals surface area contributed by atoms with E-state index >= 15 is 0 Å². The van der Waals surface area contributed by atoms with Crippen LogP contribution in [0.4, 0.5) is 0 Å². The first kappa shape index (κ1) is 15.1. The van der Waals surface area contributed by atoms with Crippen LogP contribution in [-0.4, -0.2) is 31.8 Å². The minimum Gasteiger partial charge on any atom is -0.490 e. The molecule has 0 saturated carbocycles. The summed E-state index contributed by atoms with van der Waals surface area (Å²) in [5, 5.41) is 0. The number of hydrogen-bond acceptors (Lipinski definition) is 5. The summed E-state index contributed by atoms with van der Waals surface area (Å²) in [6.45, 7) is 2.10. The van der Waals surface area contributed by atoms with Crippen molar-refractivity contribution in [2.75, 3.05) is 13.7 Å². The van der Waals surface area contributed by atoms with Crippen LogP contribution >= 0.6 is 0 Å². The third kappa shape index (κ3) is 3.42. The summed E-state index contributed by atoms with van der Waals surface area (Å²) >= 11 is 0. The summed E-state index contributed by atoms with van der Waals surface area (Å²) in [7, 11) is 1.44. The second kappa shape index (κ2) is 6.92. The molecule has 1 aliphatic heterocycles. The Morgan fingerprint density at radius 2 is 2.00 bits per heavy atom. The molecule has 2 rings (SSSR count). The van der Waals surface area contributed by atoms with E-state index in [9.17, 15) is 9.59 Å². The van der Waals surface area contributed by atoms with Crippen LogP contribution in [0.5, 0.6) is 0 Å². The van der Waals surface area contributed by atoms with E-state index in [1.54, 1.807) is 6.92 Å². The van der Waals surface area contributed by atoms with Gasteiger partial charge in [-0.1, -0.05) is 30.3 Å². The number of carbonyl (C=O) groups is 2. The Labute approximate surface area is 123 Å². The Kier molecular flexibility index (Phi) is 4.98. The van der Waals surface area contributed by atoms with Crippen molar-refractivity contribution in [2.45, 2.75) is 25.9 Å². The lowest BCUT2D eigenvalue weighted by molar-refractivity contribution is -0.147. The number of cyclic esters (lactones) is 1. The molecular formula is C16H18O5. The zero-order chi connectivity index (χ0) is 15.2. The molecule has 0 N–H and O–H groups in total. The Balaban J connectivity index is 2.20. The van der Waals surface area contributed by atoms with Crippen LogP contribution in [0.25, 0.3) is 5.57 Å². The van der Waals surface area contributed by atoms with E-state index in [2.05, 4.69) is 0 Å². The van der Waals surface area contributed by atoms with Gasteiger partial charge in [-0.2, -0.15) is 0 Å². The average Bonchev–Trinajstić information content (AvgIpc) is 2.82. The SMILES string of the molecule is CCOC(=O)CC[C@H]1OC(=O)C(OC)=C1c1ccccc1. The van der Waals surface area contributed by atoms with Gasteiger partial charge in [0.05, 0.1) is 13.7 Å². The summed E-state index contributed by atoms with van der Waals surface area (Å²) in [5.41, 5.74) is 1.54. The highest BCUT2D eigenvalue weighted by Crippen LogP contribution is 2.34. The first-order chi connectivity index (χ1) is 10.2. The lowest BCUT2D eigenvalue weighted by Gasteiger charge is -2.13. The summed E-state index contributed by atoms with van der Waals surface area (Å²) in [4.78, 5) is 23.3. The molecule has 21 heavy (non-hydrogen) atoms. The molecule has 1 heterocycles. The van der Waals surface area contributed by atoms with Crippen LogP contribution in [0.3, 0.4) is 0 Å². The van der Waals surface area contributed by atoms with E-state index in [1.807, 2.05) is 30.3 Å². The molecule has 112 valence electrons. The molecular weight excluding hydrogens is 272 g/mol. The van der Waals surface area contributed by atoms with Crippen molar-refractivity contribution in [2.24, 2.45) is 0 Å². The molecule has 0 fully saturated rings. The van der Waals surface area contributed by atoms with Crippen molar-refractivity contribution < 1.29 is 23.8 Å². The minimum atomic E-state index is -0.495. The van der Waals surface area contributed by atoms with Crippen LogP contribution in [0.2, 0.25) is 0 Å². The van der Waals surface area contributed by atoms with Gasteiger partial charge in [-0.15, -0.1) is 0 Å². The average molecular weight is 290 g/mol. The maximum Gasteiger partial charge on any atom is 0.374 e. The standard InChI is InChI=1S/C16H18O5/c1-3-20-13(17)10-9-12-14(11-7-5-4-6-8-11)15(19-2)16(18)21-12/h4-8,12H,3,9-10H2,1-2H3/t12-/m1/s1. The third-order valence-corrected chi connectivity index (χ3v) is 3.21. The lowest BCUT2D eigenvalue weighted by atomic mass is 9.97. The predicted octanol–water partition coefficient (Wildman–Crippen LogP) is 2.31. The molecule has 1 aromatic rings. The van der Waals surface area contributed by atoms with E-state index in [0.717, 1.165) is 5.56 Å². The van der Waals surface area contributed by atoms with Crippen molar-refractivity contribution in [1.29, 1.82) is 0 Å². The smallest absolute Gasteiger partial charge is 0.374 e. The fourth-order valence-corrected chi connectivity index (χ4v) is 2.31. The normalized spacial score (nSPS) is 17.6. The van der Waals surface area contributed by atoms with Gasteiger partial charge in [0.25, 0.3) is 0 Å². The molecule has 0 unspecified atom stereocenters. The van der Waals surface area contributed by atoms with Crippen molar-refractivity contribution in [1.82, 2.24) is 0 Å². The van der Waals surface area contributed by atoms with Crippen LogP contribution < -0.4 is 0 Å². The van der Waals surface area contributed by atoms with E-state index in [1.165, 1.54) is 7.11 Å². The summed E-state index contributed by atoms with van der Waals surface area (Å²) in [5.74, 6) is -0.591. The zero-order valence-corrected chi connectivity index (χ0v) is 12.1. The molecule has 1 aromatic carbocycles. The molecule has 0 aromatic heterocycles. The number of carbonyl (C=O) groups excluding carboxylic acids is 2. The Morgan fingerprint density at radius 1 is 1.29 bits per heavy atom. The van der Waals surface area contributed by atoms with Crippen molar-refractivity contribution in [3.05, 3.63) is 41.7 Å². The number of benzene rings is 1. The van der Waals surface area contributed by atoms with Gasteiger partial charge in [0.15, 0.2) is 0 Å². The first-order valence-corrected chi connectivity index (χ1v) is 6.87. The second-order valence-electron chi connectivity index (χ2n) is 4.55. The first-order valence-electron chi connectivity index (χ1n) is 6.87. The van der Waals surface area contributed by atoms with Gasteiger partial charge >= 0.3 is 11.9 Å². The Hall–Kier alpha value is -2.30. The maximum absolute atomic E-state index is 11.8. The van der Waals surface area contributed by atoms with E-state index in [0.29, 0.717) is 18.6 Å². The highest BCUT2D eigenvalue weighted by atomic mass is 16.6. The van der Waals surface area contributed by atoms with E-state index < -0.39 is 12.1 Å². The fourth-order valence-electron chi connectivity index (χ4n) is 2.31. The highest BCUT2D eigenvalue weighted by Gasteiger charge is 2.36. The van der Waals surface area contributed by atoms with Gasteiger partial charge in [0.1, 0.15) is 6.10 Å². The maximum atomic E-state index is 11.8. The molecule has 1 atom stereocenters. The predicted molar refractivity (Wildman–Crippen MR) is 76.1 cm³/mol. The minimum absolute atomic E-state index is 0.194. The van der Waals surface area contributed by atoms with Crippen LogP contribution in [0.15, 0.2) is 36.1 Å². The van der Waals surface area contributed by atoms with Gasteiger partial charge in [0, 0.05) is 12.0 Å². The number of methoxy groups -OCH3 is 1. The van der Waals surface area contributed by atoms with Gasteiger partial charge in [0.2, 0.25) is 5.76 Å². The van der Waals surface area contributed by atoms with Crippen molar-refractivity contribution in [3.8, 4) is 0 Å². The molecule has 0 spiro atoms. The molecule has 0 bridgehead atoms. The number of hydrogen-bond donors (Lipinski definition) is 0. The molecule has 1 aliphatic rings. The molecule has 0 radical (unpaired) electrons. The molecule has 0 saturated heterocycles. The fraction of sp³-hybridized carbons (Fsp3) is 0.375.